The summed E-state index contributed by atoms with van der Waals surface area (Å²) in [5.74, 6) is -4.27. The van der Waals surface area contributed by atoms with E-state index in [4.69, 9.17) is 28.4 Å². The number of rotatable bonds is 14. The molecule has 1 fully saturated rings. The minimum Gasteiger partial charge on any atom is -0.462 e. The second-order valence-corrected chi connectivity index (χ2v) is 11.8. The van der Waals surface area contributed by atoms with Crippen LogP contribution in [0.5, 0.6) is 0 Å². The second kappa shape index (κ2) is 14.5. The van der Waals surface area contributed by atoms with Crippen molar-refractivity contribution >= 4 is 23.9 Å². The summed E-state index contributed by atoms with van der Waals surface area (Å²) in [6.45, 7) is 12.5. The van der Waals surface area contributed by atoms with Crippen LogP contribution < -0.4 is 0 Å². The lowest BCUT2D eigenvalue weighted by Crippen LogP contribution is -2.60. The van der Waals surface area contributed by atoms with Gasteiger partial charge in [0.15, 0.2) is 0 Å². The third kappa shape index (κ3) is 8.20. The van der Waals surface area contributed by atoms with Crippen LogP contribution >= 0.6 is 0 Å². The SMILES string of the molecule is CCO[C@@]1(CO)[C@@H](OC(C)=O)C[C@]2(O)C(COC(=O)[C@H](OC(=O)CC(C)C)C(C)C)=CO[C@@H](OC(=O)CC(C)C)[C@H]12. The van der Waals surface area contributed by atoms with Gasteiger partial charge in [0.05, 0.1) is 12.9 Å². The van der Waals surface area contributed by atoms with E-state index in [-0.39, 0.29) is 43.3 Å². The van der Waals surface area contributed by atoms with Crippen molar-refractivity contribution in [3.63, 3.8) is 0 Å². The number of carbonyl (C=O) groups excluding carboxylic acids is 4. The number of esters is 4. The van der Waals surface area contributed by atoms with Crippen LogP contribution in [-0.4, -0.2) is 83.6 Å². The Hall–Kier alpha value is -2.70. The van der Waals surface area contributed by atoms with E-state index in [0.29, 0.717) is 0 Å². The van der Waals surface area contributed by atoms with E-state index in [1.165, 1.54) is 6.92 Å². The molecule has 41 heavy (non-hydrogen) atoms. The fraction of sp³-hybridized carbons (Fsp3) is 0.793. The smallest absolute Gasteiger partial charge is 0.348 e. The van der Waals surface area contributed by atoms with Gasteiger partial charge in [-0.3, -0.25) is 14.4 Å². The number of aliphatic hydroxyl groups excluding tert-OH is 1. The quantitative estimate of drug-likeness (QED) is 0.226. The number of hydrogen-bond acceptors (Lipinski definition) is 12. The Bertz CT molecular complexity index is 973. The van der Waals surface area contributed by atoms with Crippen LogP contribution in [0, 0.1) is 23.7 Å². The molecule has 1 aliphatic carbocycles. The van der Waals surface area contributed by atoms with E-state index in [0.717, 1.165) is 6.26 Å². The van der Waals surface area contributed by atoms with E-state index in [1.54, 1.807) is 20.8 Å². The highest BCUT2D eigenvalue weighted by Crippen LogP contribution is 2.54. The molecule has 2 N–H and O–H groups in total. The van der Waals surface area contributed by atoms with Gasteiger partial charge in [-0.2, -0.15) is 0 Å². The lowest BCUT2D eigenvalue weighted by Gasteiger charge is -2.45. The molecule has 0 aromatic carbocycles. The van der Waals surface area contributed by atoms with Crippen molar-refractivity contribution in [3.05, 3.63) is 11.8 Å². The van der Waals surface area contributed by atoms with Crippen molar-refractivity contribution in [3.8, 4) is 0 Å². The molecule has 2 rings (SSSR count). The fourth-order valence-corrected chi connectivity index (χ4v) is 5.32. The van der Waals surface area contributed by atoms with Gasteiger partial charge in [-0.1, -0.05) is 41.5 Å². The Morgan fingerprint density at radius 2 is 1.63 bits per heavy atom. The van der Waals surface area contributed by atoms with Crippen molar-refractivity contribution in [2.24, 2.45) is 23.7 Å². The van der Waals surface area contributed by atoms with Gasteiger partial charge < -0.3 is 38.6 Å². The molecule has 12 heteroatoms. The maximum atomic E-state index is 13.0. The van der Waals surface area contributed by atoms with Crippen LogP contribution in [0.15, 0.2) is 11.8 Å². The molecule has 0 amide bonds. The predicted molar refractivity (Wildman–Crippen MR) is 144 cm³/mol. The Balaban J connectivity index is 2.42. The molecule has 0 saturated heterocycles. The Morgan fingerprint density at radius 1 is 1.02 bits per heavy atom. The van der Waals surface area contributed by atoms with Gasteiger partial charge in [-0.25, -0.2) is 4.79 Å². The summed E-state index contributed by atoms with van der Waals surface area (Å²) in [7, 11) is 0. The van der Waals surface area contributed by atoms with Crippen LogP contribution in [0.1, 0.15) is 74.7 Å². The summed E-state index contributed by atoms with van der Waals surface area (Å²) < 4.78 is 33.7. The molecule has 1 aliphatic heterocycles. The Morgan fingerprint density at radius 3 is 2.15 bits per heavy atom. The molecule has 0 bridgehead atoms. The van der Waals surface area contributed by atoms with Crippen LogP contribution in [0.4, 0.5) is 0 Å². The number of hydrogen-bond donors (Lipinski definition) is 2. The van der Waals surface area contributed by atoms with Crippen molar-refractivity contribution in [1.29, 1.82) is 0 Å². The summed E-state index contributed by atoms with van der Waals surface area (Å²) in [4.78, 5) is 49.9. The average molecular weight is 587 g/mol. The molecule has 0 radical (unpaired) electrons. The zero-order valence-corrected chi connectivity index (χ0v) is 25.3. The Labute approximate surface area is 241 Å². The minimum absolute atomic E-state index is 0.0223. The molecule has 12 nitrogen and oxygen atoms in total. The molecule has 2 aliphatic rings. The number of fused-ring (bicyclic) bond motifs is 1. The van der Waals surface area contributed by atoms with Gasteiger partial charge in [-0.15, -0.1) is 0 Å². The molecule has 1 saturated carbocycles. The summed E-state index contributed by atoms with van der Waals surface area (Å²) in [5.41, 5.74) is -3.59. The van der Waals surface area contributed by atoms with Crippen LogP contribution in [0.25, 0.3) is 0 Å². The standard InChI is InChI=1S/C29H46O12/c1-9-38-29(15-30)21(39-19(8)31)12-28(35)20(14-37-27(25(28)29)41-23(33)11-17(4)5)13-36-26(34)24(18(6)7)40-22(32)10-16(2)3/h14,16-18,21,24-25,27,30,35H,9-13,15H2,1-8H3/t21-,24+,25-,27-,28-,29-/m0/s1. The third-order valence-corrected chi connectivity index (χ3v) is 7.09. The van der Waals surface area contributed by atoms with Gasteiger partial charge in [0.1, 0.15) is 29.8 Å². The first kappa shape index (κ1) is 34.5. The molecule has 0 aromatic rings. The minimum atomic E-state index is -1.94. The lowest BCUT2D eigenvalue weighted by atomic mass is 9.77. The molecule has 1 heterocycles. The van der Waals surface area contributed by atoms with Gasteiger partial charge in [0.2, 0.25) is 6.10 Å². The first-order valence-corrected chi connectivity index (χ1v) is 14.2. The monoisotopic (exact) mass is 586 g/mol. The van der Waals surface area contributed by atoms with E-state index in [9.17, 15) is 29.4 Å². The fourth-order valence-electron chi connectivity index (χ4n) is 5.32. The summed E-state index contributed by atoms with van der Waals surface area (Å²) in [6, 6.07) is 0. The number of ether oxygens (including phenoxy) is 6. The molecule has 0 spiro atoms. The molecule has 0 unspecified atom stereocenters. The van der Waals surface area contributed by atoms with Gasteiger partial charge in [-0.05, 0) is 18.8 Å². The van der Waals surface area contributed by atoms with E-state index < -0.39 is 78.6 Å². The molecular weight excluding hydrogens is 540 g/mol. The second-order valence-electron chi connectivity index (χ2n) is 11.8. The average Bonchev–Trinajstić information content (AvgIpc) is 3.08. The molecular formula is C29H46O12. The van der Waals surface area contributed by atoms with Crippen LogP contribution in [-0.2, 0) is 47.6 Å². The van der Waals surface area contributed by atoms with Crippen molar-refractivity contribution in [2.45, 2.75) is 104 Å². The highest BCUT2D eigenvalue weighted by molar-refractivity contribution is 5.80. The molecule has 6 atom stereocenters. The van der Waals surface area contributed by atoms with Crippen molar-refractivity contribution < 1.29 is 57.8 Å². The molecule has 234 valence electrons. The molecule has 0 aromatic heterocycles. The maximum absolute atomic E-state index is 13.0. The van der Waals surface area contributed by atoms with Crippen LogP contribution in [0.3, 0.4) is 0 Å². The summed E-state index contributed by atoms with van der Waals surface area (Å²) in [5, 5.41) is 22.7. The third-order valence-electron chi connectivity index (χ3n) is 7.09. The normalized spacial score (nSPS) is 28.0. The predicted octanol–water partition coefficient (Wildman–Crippen LogP) is 2.42. The van der Waals surface area contributed by atoms with E-state index >= 15 is 0 Å². The van der Waals surface area contributed by atoms with E-state index in [2.05, 4.69) is 0 Å². The van der Waals surface area contributed by atoms with Gasteiger partial charge in [0.25, 0.3) is 6.29 Å². The topological polar surface area (TPSA) is 164 Å². The zero-order chi connectivity index (χ0) is 31.1. The highest BCUT2D eigenvalue weighted by atomic mass is 16.7. The highest BCUT2D eigenvalue weighted by Gasteiger charge is 2.71. The maximum Gasteiger partial charge on any atom is 0.348 e. The van der Waals surface area contributed by atoms with E-state index in [1.807, 2.05) is 27.7 Å². The summed E-state index contributed by atoms with van der Waals surface area (Å²) in [6.07, 6.45) is -2.68. The van der Waals surface area contributed by atoms with Crippen molar-refractivity contribution in [2.75, 3.05) is 19.8 Å². The zero-order valence-electron chi connectivity index (χ0n) is 25.3. The van der Waals surface area contributed by atoms with Crippen molar-refractivity contribution in [1.82, 2.24) is 0 Å². The number of carbonyl (C=O) groups is 4. The number of aliphatic hydroxyl groups is 2. The van der Waals surface area contributed by atoms with Crippen LogP contribution in [0.2, 0.25) is 0 Å². The van der Waals surface area contributed by atoms with Gasteiger partial charge in [0, 0.05) is 44.3 Å². The largest absolute Gasteiger partial charge is 0.462 e. The van der Waals surface area contributed by atoms with Gasteiger partial charge >= 0.3 is 23.9 Å². The first-order chi connectivity index (χ1) is 19.1. The Kier molecular flexibility index (Phi) is 12.2. The lowest BCUT2D eigenvalue weighted by molar-refractivity contribution is -0.250. The first-order valence-electron chi connectivity index (χ1n) is 14.2. The summed E-state index contributed by atoms with van der Waals surface area (Å²) >= 11 is 0.